The molecule has 0 saturated heterocycles. The Morgan fingerprint density at radius 3 is 2.96 bits per heavy atom. The fourth-order valence-electron chi connectivity index (χ4n) is 3.57. The van der Waals surface area contributed by atoms with Crippen LogP contribution in [-0.4, -0.2) is 43.2 Å². The average Bonchev–Trinajstić information content (AvgIpc) is 3.07. The van der Waals surface area contributed by atoms with E-state index in [-0.39, 0.29) is 5.95 Å². The highest BCUT2D eigenvalue weighted by Gasteiger charge is 2.16. The number of nitrogens with two attached hydrogens (primary N) is 1. The van der Waals surface area contributed by atoms with Crippen molar-refractivity contribution in [2.24, 2.45) is 0 Å². The molecule has 8 heteroatoms. The van der Waals surface area contributed by atoms with Crippen LogP contribution in [0.1, 0.15) is 11.3 Å². The molecular formula is C20H20N8. The summed E-state index contributed by atoms with van der Waals surface area (Å²) in [6, 6.07) is 12.0. The van der Waals surface area contributed by atoms with Crippen LogP contribution in [0.2, 0.25) is 0 Å². The van der Waals surface area contributed by atoms with Crippen molar-refractivity contribution >= 4 is 28.4 Å². The van der Waals surface area contributed by atoms with E-state index in [1.165, 1.54) is 5.56 Å². The number of fused-ring (bicyclic) bond motifs is 2. The van der Waals surface area contributed by atoms with Crippen molar-refractivity contribution in [3.8, 4) is 5.82 Å². The largest absolute Gasteiger partial charge is 0.368 e. The Morgan fingerprint density at radius 2 is 2.04 bits per heavy atom. The molecule has 4 heterocycles. The van der Waals surface area contributed by atoms with E-state index in [9.17, 15) is 0 Å². The highest BCUT2D eigenvalue weighted by atomic mass is 15.4. The number of hydrogen-bond donors (Lipinski definition) is 2. The summed E-state index contributed by atoms with van der Waals surface area (Å²) >= 11 is 0. The van der Waals surface area contributed by atoms with Crippen molar-refractivity contribution in [3.63, 3.8) is 0 Å². The van der Waals surface area contributed by atoms with Crippen molar-refractivity contribution in [1.29, 1.82) is 0 Å². The van der Waals surface area contributed by atoms with Crippen LogP contribution in [0.5, 0.6) is 0 Å². The lowest BCUT2D eigenvalue weighted by Crippen LogP contribution is -2.27. The van der Waals surface area contributed by atoms with Gasteiger partial charge in [0.15, 0.2) is 5.82 Å². The zero-order valence-corrected chi connectivity index (χ0v) is 15.5. The molecule has 1 aliphatic heterocycles. The SMILES string of the molecule is CN1CCc2ncc(Nc3nc(N)n(-c4nccc5ccccc45)n3)cc2C1. The number of pyridine rings is 2. The molecule has 1 aromatic carbocycles. The summed E-state index contributed by atoms with van der Waals surface area (Å²) in [4.78, 5) is 15.7. The average molecular weight is 372 g/mol. The molecule has 3 N–H and O–H groups in total. The van der Waals surface area contributed by atoms with Crippen LogP contribution >= 0.6 is 0 Å². The van der Waals surface area contributed by atoms with Gasteiger partial charge in [0.25, 0.3) is 0 Å². The number of benzene rings is 1. The van der Waals surface area contributed by atoms with E-state index in [2.05, 4.69) is 43.4 Å². The first-order valence-corrected chi connectivity index (χ1v) is 9.17. The maximum absolute atomic E-state index is 6.13. The van der Waals surface area contributed by atoms with Gasteiger partial charge < -0.3 is 16.0 Å². The van der Waals surface area contributed by atoms with Crippen LogP contribution in [0.3, 0.4) is 0 Å². The maximum Gasteiger partial charge on any atom is 0.248 e. The van der Waals surface area contributed by atoms with Crippen LogP contribution in [0.15, 0.2) is 48.8 Å². The summed E-state index contributed by atoms with van der Waals surface area (Å²) < 4.78 is 1.56. The van der Waals surface area contributed by atoms with Crippen LogP contribution in [-0.2, 0) is 13.0 Å². The summed E-state index contributed by atoms with van der Waals surface area (Å²) in [7, 11) is 2.12. The lowest BCUT2D eigenvalue weighted by molar-refractivity contribution is 0.310. The molecule has 140 valence electrons. The van der Waals surface area contributed by atoms with E-state index in [0.717, 1.165) is 41.7 Å². The van der Waals surface area contributed by atoms with E-state index < -0.39 is 0 Å². The summed E-state index contributed by atoms with van der Waals surface area (Å²) in [5.41, 5.74) is 9.36. The summed E-state index contributed by atoms with van der Waals surface area (Å²) in [6.45, 7) is 1.93. The van der Waals surface area contributed by atoms with Crippen LogP contribution in [0, 0.1) is 0 Å². The normalized spacial score (nSPS) is 14.2. The van der Waals surface area contributed by atoms with Crippen LogP contribution in [0.25, 0.3) is 16.6 Å². The monoisotopic (exact) mass is 372 g/mol. The predicted molar refractivity (Wildman–Crippen MR) is 109 cm³/mol. The molecule has 0 bridgehead atoms. The second-order valence-corrected chi connectivity index (χ2v) is 7.00. The maximum atomic E-state index is 6.13. The molecule has 4 aromatic rings. The fraction of sp³-hybridized carbons (Fsp3) is 0.200. The highest BCUT2D eigenvalue weighted by molar-refractivity contribution is 5.88. The Hall–Kier alpha value is -3.52. The molecule has 28 heavy (non-hydrogen) atoms. The summed E-state index contributed by atoms with van der Waals surface area (Å²) in [5, 5.41) is 9.77. The first kappa shape index (κ1) is 16.6. The number of nitrogen functional groups attached to an aromatic ring is 1. The smallest absolute Gasteiger partial charge is 0.248 e. The molecule has 0 fully saturated rings. The lowest BCUT2D eigenvalue weighted by atomic mass is 10.1. The van der Waals surface area contributed by atoms with Crippen molar-refractivity contribution in [3.05, 3.63) is 60.0 Å². The topological polar surface area (TPSA) is 97.8 Å². The molecule has 3 aromatic heterocycles. The third-order valence-corrected chi connectivity index (χ3v) is 4.97. The third kappa shape index (κ3) is 2.93. The zero-order valence-electron chi connectivity index (χ0n) is 15.5. The van der Waals surface area contributed by atoms with Gasteiger partial charge in [0.05, 0.1) is 11.9 Å². The molecule has 0 amide bonds. The van der Waals surface area contributed by atoms with Gasteiger partial charge in [0, 0.05) is 36.8 Å². The predicted octanol–water partition coefficient (Wildman–Crippen LogP) is 2.52. The number of nitrogens with zero attached hydrogens (tertiary/aromatic N) is 6. The third-order valence-electron chi connectivity index (χ3n) is 4.97. The van der Waals surface area contributed by atoms with Crippen molar-refractivity contribution < 1.29 is 0 Å². The first-order chi connectivity index (χ1) is 13.7. The number of rotatable bonds is 3. The standard InChI is InChI=1S/C20H20N8/c1-27-9-7-17-14(12-27)10-15(11-23-17)24-20-25-19(21)28(26-20)18-16-5-3-2-4-13(16)6-8-22-18/h2-6,8,10-11H,7,9,12H2,1H3,(H3,21,24,25,26). The molecule has 8 nitrogen and oxygen atoms in total. The first-order valence-electron chi connectivity index (χ1n) is 9.17. The van der Waals surface area contributed by atoms with Gasteiger partial charge in [-0.15, -0.1) is 5.10 Å². The van der Waals surface area contributed by atoms with E-state index in [4.69, 9.17) is 5.73 Å². The molecule has 0 saturated carbocycles. The van der Waals surface area contributed by atoms with Crippen molar-refractivity contribution in [2.45, 2.75) is 13.0 Å². The number of hydrogen-bond acceptors (Lipinski definition) is 7. The van der Waals surface area contributed by atoms with E-state index in [1.807, 2.05) is 36.5 Å². The van der Waals surface area contributed by atoms with Gasteiger partial charge in [-0.05, 0) is 30.1 Å². The van der Waals surface area contributed by atoms with Gasteiger partial charge in [-0.1, -0.05) is 24.3 Å². The van der Waals surface area contributed by atoms with E-state index >= 15 is 0 Å². The Labute approximate surface area is 162 Å². The molecule has 5 rings (SSSR count). The molecule has 0 radical (unpaired) electrons. The minimum Gasteiger partial charge on any atom is -0.368 e. The molecular weight excluding hydrogens is 352 g/mol. The number of anilines is 3. The zero-order chi connectivity index (χ0) is 19.1. The van der Waals surface area contributed by atoms with Gasteiger partial charge >= 0.3 is 0 Å². The number of nitrogens with one attached hydrogen (secondary N) is 1. The Balaban J connectivity index is 1.48. The van der Waals surface area contributed by atoms with Gasteiger partial charge in [-0.2, -0.15) is 9.67 Å². The second-order valence-electron chi connectivity index (χ2n) is 7.00. The highest BCUT2D eigenvalue weighted by Crippen LogP contribution is 2.24. The molecule has 0 aliphatic carbocycles. The van der Waals surface area contributed by atoms with Crippen molar-refractivity contribution in [2.75, 3.05) is 24.6 Å². The lowest BCUT2D eigenvalue weighted by Gasteiger charge is -2.24. The Morgan fingerprint density at radius 1 is 1.14 bits per heavy atom. The summed E-state index contributed by atoms with van der Waals surface area (Å²) in [5.74, 6) is 1.34. The van der Waals surface area contributed by atoms with Gasteiger partial charge in [0.1, 0.15) is 0 Å². The van der Waals surface area contributed by atoms with Gasteiger partial charge in [0.2, 0.25) is 11.9 Å². The minimum absolute atomic E-state index is 0.275. The second kappa shape index (κ2) is 6.58. The quantitative estimate of drug-likeness (QED) is 0.570. The van der Waals surface area contributed by atoms with Gasteiger partial charge in [-0.3, -0.25) is 4.98 Å². The van der Waals surface area contributed by atoms with Crippen LogP contribution < -0.4 is 11.1 Å². The number of likely N-dealkylation sites (N-methyl/N-ethyl adjacent to an activating group) is 1. The summed E-state index contributed by atoms with van der Waals surface area (Å²) in [6.07, 6.45) is 4.53. The minimum atomic E-state index is 0.275. The Kier molecular flexibility index (Phi) is 3.91. The molecule has 1 aliphatic rings. The molecule has 0 atom stereocenters. The Bertz CT molecular complexity index is 1160. The van der Waals surface area contributed by atoms with Gasteiger partial charge in [-0.25, -0.2) is 4.98 Å². The fourth-order valence-corrected chi connectivity index (χ4v) is 3.57. The molecule has 0 unspecified atom stereocenters. The van der Waals surface area contributed by atoms with E-state index in [1.54, 1.807) is 10.9 Å². The van der Waals surface area contributed by atoms with Crippen molar-refractivity contribution in [1.82, 2.24) is 29.6 Å². The number of aromatic nitrogens is 5. The van der Waals surface area contributed by atoms with E-state index in [0.29, 0.717) is 11.8 Å². The van der Waals surface area contributed by atoms with Crippen LogP contribution in [0.4, 0.5) is 17.6 Å². The molecule has 0 spiro atoms.